The van der Waals surface area contributed by atoms with Gasteiger partial charge in [-0.3, -0.25) is 9.59 Å². The molecule has 31 heavy (non-hydrogen) atoms. The second kappa shape index (κ2) is 9.34. The standard InChI is InChI=1S/C25H24N2O4/c1-18-7-5-8-19(15-18)25(29)26-20-11-12-22-23(16-20)31-17-24(28)27(22)13-6-14-30-21-9-3-2-4-10-21/h2-5,7-12,15-16H,6,13-14,17H2,1H3,(H,26,29). The summed E-state index contributed by atoms with van der Waals surface area (Å²) in [4.78, 5) is 26.6. The van der Waals surface area contributed by atoms with Gasteiger partial charge in [-0.25, -0.2) is 0 Å². The molecule has 4 rings (SSSR count). The summed E-state index contributed by atoms with van der Waals surface area (Å²) in [5.74, 6) is 1.10. The summed E-state index contributed by atoms with van der Waals surface area (Å²) in [5, 5.41) is 2.89. The first-order valence-corrected chi connectivity index (χ1v) is 10.2. The van der Waals surface area contributed by atoms with Gasteiger partial charge in [0.1, 0.15) is 11.5 Å². The SMILES string of the molecule is Cc1cccc(C(=O)Nc2ccc3c(c2)OCC(=O)N3CCCOc2ccccc2)c1. The van der Waals surface area contributed by atoms with Crippen LogP contribution in [-0.4, -0.2) is 31.6 Å². The molecule has 0 spiro atoms. The maximum absolute atomic E-state index is 12.5. The van der Waals surface area contributed by atoms with E-state index < -0.39 is 0 Å². The molecule has 1 heterocycles. The predicted molar refractivity (Wildman–Crippen MR) is 120 cm³/mol. The Kier molecular flexibility index (Phi) is 6.17. The van der Waals surface area contributed by atoms with Crippen LogP contribution in [0.15, 0.2) is 72.8 Å². The number of fused-ring (bicyclic) bond motifs is 1. The molecule has 0 fully saturated rings. The number of ether oxygens (including phenoxy) is 2. The Labute approximate surface area is 181 Å². The lowest BCUT2D eigenvalue weighted by Gasteiger charge is -2.29. The van der Waals surface area contributed by atoms with Gasteiger partial charge in [0.15, 0.2) is 6.61 Å². The van der Waals surface area contributed by atoms with Gasteiger partial charge in [0.2, 0.25) is 0 Å². The van der Waals surface area contributed by atoms with E-state index in [9.17, 15) is 9.59 Å². The molecule has 3 aromatic carbocycles. The molecule has 0 aliphatic carbocycles. The average Bonchev–Trinajstić information content (AvgIpc) is 2.78. The van der Waals surface area contributed by atoms with Crippen molar-refractivity contribution in [3.8, 4) is 11.5 Å². The van der Waals surface area contributed by atoms with Crippen LogP contribution in [0.5, 0.6) is 11.5 Å². The summed E-state index contributed by atoms with van der Waals surface area (Å²) < 4.78 is 11.3. The lowest BCUT2D eigenvalue weighted by Crippen LogP contribution is -2.39. The van der Waals surface area contributed by atoms with E-state index in [0.29, 0.717) is 42.3 Å². The van der Waals surface area contributed by atoms with Crippen molar-refractivity contribution >= 4 is 23.2 Å². The van der Waals surface area contributed by atoms with Crippen LogP contribution in [0.25, 0.3) is 0 Å². The van der Waals surface area contributed by atoms with Crippen molar-refractivity contribution in [3.63, 3.8) is 0 Å². The molecule has 0 saturated carbocycles. The molecule has 0 unspecified atom stereocenters. The van der Waals surface area contributed by atoms with E-state index in [1.807, 2.05) is 55.5 Å². The van der Waals surface area contributed by atoms with Crippen molar-refractivity contribution in [1.29, 1.82) is 0 Å². The summed E-state index contributed by atoms with van der Waals surface area (Å²) in [6.07, 6.45) is 0.686. The number of carbonyl (C=O) groups is 2. The van der Waals surface area contributed by atoms with Crippen molar-refractivity contribution in [3.05, 3.63) is 83.9 Å². The number of amides is 2. The fourth-order valence-electron chi connectivity index (χ4n) is 3.45. The number of benzene rings is 3. The zero-order chi connectivity index (χ0) is 21.6. The van der Waals surface area contributed by atoms with E-state index in [-0.39, 0.29) is 18.4 Å². The van der Waals surface area contributed by atoms with E-state index in [1.54, 1.807) is 29.2 Å². The number of carbonyl (C=O) groups excluding carboxylic acids is 2. The van der Waals surface area contributed by atoms with Gasteiger partial charge in [0.05, 0.1) is 12.3 Å². The van der Waals surface area contributed by atoms with E-state index in [1.165, 1.54) is 0 Å². The van der Waals surface area contributed by atoms with Gasteiger partial charge in [-0.15, -0.1) is 0 Å². The number of nitrogens with one attached hydrogen (secondary N) is 1. The molecule has 0 bridgehead atoms. The fourth-order valence-corrected chi connectivity index (χ4v) is 3.45. The highest BCUT2D eigenvalue weighted by molar-refractivity contribution is 6.05. The topological polar surface area (TPSA) is 67.9 Å². The summed E-state index contributed by atoms with van der Waals surface area (Å²) in [6, 6.07) is 22.3. The number of para-hydroxylation sites is 1. The third kappa shape index (κ3) is 5.04. The lowest BCUT2D eigenvalue weighted by molar-refractivity contribution is -0.121. The van der Waals surface area contributed by atoms with Gasteiger partial charge in [0.25, 0.3) is 11.8 Å². The third-order valence-corrected chi connectivity index (χ3v) is 4.98. The van der Waals surface area contributed by atoms with Crippen LogP contribution < -0.4 is 19.7 Å². The van der Waals surface area contributed by atoms with Crippen molar-refractivity contribution in [2.45, 2.75) is 13.3 Å². The summed E-state index contributed by atoms with van der Waals surface area (Å²) >= 11 is 0. The van der Waals surface area contributed by atoms with Gasteiger partial charge in [0, 0.05) is 23.9 Å². The Morgan fingerprint density at radius 2 is 1.90 bits per heavy atom. The largest absolute Gasteiger partial charge is 0.494 e. The Morgan fingerprint density at radius 3 is 2.71 bits per heavy atom. The molecule has 3 aromatic rings. The summed E-state index contributed by atoms with van der Waals surface area (Å²) in [7, 11) is 0. The van der Waals surface area contributed by atoms with Gasteiger partial charge in [-0.2, -0.15) is 0 Å². The Hall–Kier alpha value is -3.80. The summed E-state index contributed by atoms with van der Waals surface area (Å²) in [6.45, 7) is 2.95. The Balaban J connectivity index is 1.40. The molecular formula is C25H24N2O4. The number of anilines is 2. The molecule has 1 aliphatic heterocycles. The van der Waals surface area contributed by atoms with E-state index in [2.05, 4.69) is 5.32 Å². The molecular weight excluding hydrogens is 392 g/mol. The molecule has 0 saturated heterocycles. The molecule has 1 N–H and O–H groups in total. The van der Waals surface area contributed by atoms with Crippen LogP contribution in [0.3, 0.4) is 0 Å². The van der Waals surface area contributed by atoms with Crippen LogP contribution in [0.4, 0.5) is 11.4 Å². The minimum Gasteiger partial charge on any atom is -0.494 e. The van der Waals surface area contributed by atoms with Gasteiger partial charge in [-0.1, -0.05) is 35.9 Å². The highest BCUT2D eigenvalue weighted by Gasteiger charge is 2.25. The van der Waals surface area contributed by atoms with E-state index in [0.717, 1.165) is 11.3 Å². The number of rotatable bonds is 7. The minimum atomic E-state index is -0.189. The second-order valence-electron chi connectivity index (χ2n) is 7.36. The highest BCUT2D eigenvalue weighted by Crippen LogP contribution is 2.34. The van der Waals surface area contributed by atoms with E-state index in [4.69, 9.17) is 9.47 Å². The zero-order valence-corrected chi connectivity index (χ0v) is 17.3. The van der Waals surface area contributed by atoms with Crippen LogP contribution >= 0.6 is 0 Å². The maximum atomic E-state index is 12.5. The number of aryl methyl sites for hydroxylation is 1. The number of hydrogen-bond acceptors (Lipinski definition) is 4. The molecule has 158 valence electrons. The third-order valence-electron chi connectivity index (χ3n) is 4.98. The first-order valence-electron chi connectivity index (χ1n) is 10.2. The van der Waals surface area contributed by atoms with Crippen molar-refractivity contribution in [1.82, 2.24) is 0 Å². The number of hydrogen-bond donors (Lipinski definition) is 1. The first-order chi connectivity index (χ1) is 15.1. The molecule has 0 atom stereocenters. The van der Waals surface area contributed by atoms with E-state index >= 15 is 0 Å². The van der Waals surface area contributed by atoms with Crippen LogP contribution in [-0.2, 0) is 4.79 Å². The molecule has 0 aromatic heterocycles. The molecule has 6 nitrogen and oxygen atoms in total. The van der Waals surface area contributed by atoms with Gasteiger partial charge < -0.3 is 19.7 Å². The molecule has 6 heteroatoms. The monoisotopic (exact) mass is 416 g/mol. The second-order valence-corrected chi connectivity index (χ2v) is 7.36. The lowest BCUT2D eigenvalue weighted by atomic mass is 10.1. The summed E-state index contributed by atoms with van der Waals surface area (Å²) in [5.41, 5.74) is 2.93. The quantitative estimate of drug-likeness (QED) is 0.578. The van der Waals surface area contributed by atoms with Crippen molar-refractivity contribution in [2.24, 2.45) is 0 Å². The van der Waals surface area contributed by atoms with Gasteiger partial charge in [-0.05, 0) is 49.7 Å². The van der Waals surface area contributed by atoms with Crippen LogP contribution in [0.1, 0.15) is 22.3 Å². The van der Waals surface area contributed by atoms with Crippen molar-refractivity contribution in [2.75, 3.05) is 30.0 Å². The predicted octanol–water partition coefficient (Wildman–Crippen LogP) is 4.44. The minimum absolute atomic E-state index is 0.0260. The number of nitrogens with zero attached hydrogens (tertiary/aromatic N) is 1. The Bertz CT molecular complexity index is 1080. The zero-order valence-electron chi connectivity index (χ0n) is 17.3. The fraction of sp³-hybridized carbons (Fsp3) is 0.200. The molecule has 0 radical (unpaired) electrons. The molecule has 1 aliphatic rings. The first kappa shape index (κ1) is 20.5. The van der Waals surface area contributed by atoms with Crippen LogP contribution in [0.2, 0.25) is 0 Å². The maximum Gasteiger partial charge on any atom is 0.265 e. The van der Waals surface area contributed by atoms with Gasteiger partial charge >= 0.3 is 0 Å². The smallest absolute Gasteiger partial charge is 0.265 e. The Morgan fingerprint density at radius 1 is 1.06 bits per heavy atom. The average molecular weight is 416 g/mol. The van der Waals surface area contributed by atoms with Crippen LogP contribution in [0, 0.1) is 6.92 Å². The normalized spacial score (nSPS) is 12.7. The highest BCUT2D eigenvalue weighted by atomic mass is 16.5. The molecule has 2 amide bonds. The van der Waals surface area contributed by atoms with Crippen molar-refractivity contribution < 1.29 is 19.1 Å².